The second kappa shape index (κ2) is 4.29. The fourth-order valence-corrected chi connectivity index (χ4v) is 2.85. The highest BCUT2D eigenvalue weighted by molar-refractivity contribution is 6.15. The lowest BCUT2D eigenvalue weighted by Crippen LogP contribution is -2.48. The van der Waals surface area contributed by atoms with Crippen LogP contribution in [0, 0.1) is 5.92 Å². The summed E-state index contributed by atoms with van der Waals surface area (Å²) in [5.41, 5.74) is 1.50. The van der Waals surface area contributed by atoms with Crippen molar-refractivity contribution in [3.05, 3.63) is 29.8 Å². The van der Waals surface area contributed by atoms with Crippen molar-refractivity contribution in [2.75, 3.05) is 13.7 Å². The first-order valence-electron chi connectivity index (χ1n) is 6.47. The van der Waals surface area contributed by atoms with Gasteiger partial charge in [0.1, 0.15) is 23.5 Å². The Balaban J connectivity index is 1.67. The quantitative estimate of drug-likeness (QED) is 0.796. The van der Waals surface area contributed by atoms with Gasteiger partial charge in [-0.05, 0) is 24.3 Å². The van der Waals surface area contributed by atoms with Gasteiger partial charge in [0.2, 0.25) is 12.1 Å². The predicted molar refractivity (Wildman–Crippen MR) is 67.5 cm³/mol. The molecule has 0 aliphatic carbocycles. The van der Waals surface area contributed by atoms with Crippen molar-refractivity contribution in [2.24, 2.45) is 11.1 Å². The number of benzene rings is 1. The molecule has 3 aliphatic rings. The van der Waals surface area contributed by atoms with Crippen LogP contribution in [-0.4, -0.2) is 43.7 Å². The van der Waals surface area contributed by atoms with E-state index in [9.17, 15) is 4.79 Å². The third kappa shape index (κ3) is 1.58. The van der Waals surface area contributed by atoms with Crippen LogP contribution in [0.3, 0.4) is 0 Å². The number of oxime groups is 1. The van der Waals surface area contributed by atoms with Crippen LogP contribution in [0.25, 0.3) is 0 Å². The molecule has 0 aromatic heterocycles. The maximum Gasteiger partial charge on any atom is 0.219 e. The molecular formula is C14H13NO5. The molecule has 4 rings (SSSR count). The molecule has 2 saturated heterocycles. The van der Waals surface area contributed by atoms with E-state index in [0.29, 0.717) is 12.3 Å². The van der Waals surface area contributed by atoms with Crippen LogP contribution in [0.5, 0.6) is 5.75 Å². The number of methoxy groups -OCH3 is 1. The van der Waals surface area contributed by atoms with Gasteiger partial charge in [0.15, 0.2) is 6.10 Å². The molecule has 2 fully saturated rings. The average molecular weight is 275 g/mol. The lowest BCUT2D eigenvalue weighted by atomic mass is 9.85. The largest absolute Gasteiger partial charge is 0.497 e. The Bertz CT molecular complexity index is 582. The zero-order valence-corrected chi connectivity index (χ0v) is 10.8. The molecule has 0 spiro atoms. The molecule has 104 valence electrons. The first kappa shape index (κ1) is 11.9. The average Bonchev–Trinajstić information content (AvgIpc) is 3.11. The molecule has 0 N–H and O–H groups in total. The third-order valence-electron chi connectivity index (χ3n) is 3.90. The summed E-state index contributed by atoms with van der Waals surface area (Å²) in [7, 11) is 1.61. The maximum absolute atomic E-state index is 12.3. The molecule has 6 nitrogen and oxygen atoms in total. The number of fused-ring (bicyclic) bond motifs is 4. The molecule has 1 aromatic rings. The Labute approximate surface area is 115 Å². The maximum atomic E-state index is 12.3. The summed E-state index contributed by atoms with van der Waals surface area (Å²) < 4.78 is 15.9. The summed E-state index contributed by atoms with van der Waals surface area (Å²) in [6.07, 6.45) is -1.37. The van der Waals surface area contributed by atoms with E-state index in [-0.39, 0.29) is 18.0 Å². The standard InChI is InChI=1S/C14H13NO5/c1-17-8-4-2-7(3-5-8)11-10-12(16)14-18-6-9(19-14)13(10)20-15-11/h2-5,9-10,13-14H,6H2,1H3/t9-,10-,13-,14+/m1/s1. The molecular weight excluding hydrogens is 262 g/mol. The summed E-state index contributed by atoms with van der Waals surface area (Å²) in [6, 6.07) is 7.41. The molecule has 2 bridgehead atoms. The third-order valence-corrected chi connectivity index (χ3v) is 3.90. The van der Waals surface area contributed by atoms with Gasteiger partial charge in [0.25, 0.3) is 0 Å². The summed E-state index contributed by atoms with van der Waals surface area (Å²) in [4.78, 5) is 17.7. The molecule has 0 unspecified atom stereocenters. The second-order valence-corrected chi connectivity index (χ2v) is 4.99. The van der Waals surface area contributed by atoms with E-state index in [0.717, 1.165) is 11.3 Å². The fraction of sp³-hybridized carbons (Fsp3) is 0.429. The number of Topliss-reactive ketones (excluding diaryl/α,β-unsaturated/α-hetero) is 1. The zero-order valence-electron chi connectivity index (χ0n) is 10.8. The van der Waals surface area contributed by atoms with E-state index in [2.05, 4.69) is 5.16 Å². The minimum atomic E-state index is -0.772. The van der Waals surface area contributed by atoms with Crippen LogP contribution in [0.2, 0.25) is 0 Å². The highest BCUT2D eigenvalue weighted by Gasteiger charge is 2.56. The zero-order chi connectivity index (χ0) is 13.7. The Kier molecular flexibility index (Phi) is 2.55. The van der Waals surface area contributed by atoms with Gasteiger partial charge >= 0.3 is 0 Å². The molecule has 0 amide bonds. The number of rotatable bonds is 2. The first-order valence-corrected chi connectivity index (χ1v) is 6.47. The Morgan fingerprint density at radius 1 is 1.30 bits per heavy atom. The topological polar surface area (TPSA) is 66.4 Å². The normalized spacial score (nSPS) is 34.5. The molecule has 3 aliphatic heterocycles. The van der Waals surface area contributed by atoms with Gasteiger partial charge in [-0.25, -0.2) is 0 Å². The number of hydrogen-bond donors (Lipinski definition) is 0. The molecule has 4 atom stereocenters. The second-order valence-electron chi connectivity index (χ2n) is 4.99. The van der Waals surface area contributed by atoms with Crippen molar-refractivity contribution < 1.29 is 23.8 Å². The Hall–Kier alpha value is -1.92. The molecule has 0 radical (unpaired) electrons. The summed E-state index contributed by atoms with van der Waals surface area (Å²) in [5.74, 6) is 0.233. The first-order chi connectivity index (χ1) is 9.78. The van der Waals surface area contributed by atoms with Crippen molar-refractivity contribution in [2.45, 2.75) is 18.5 Å². The van der Waals surface area contributed by atoms with E-state index >= 15 is 0 Å². The van der Waals surface area contributed by atoms with Gasteiger partial charge in [-0.15, -0.1) is 0 Å². The van der Waals surface area contributed by atoms with E-state index in [4.69, 9.17) is 19.0 Å². The van der Waals surface area contributed by atoms with E-state index in [1.165, 1.54) is 0 Å². The molecule has 3 heterocycles. The summed E-state index contributed by atoms with van der Waals surface area (Å²) >= 11 is 0. The summed E-state index contributed by atoms with van der Waals surface area (Å²) in [5, 5.41) is 4.09. The molecule has 6 heteroatoms. The fourth-order valence-electron chi connectivity index (χ4n) is 2.85. The molecule has 20 heavy (non-hydrogen) atoms. The van der Waals surface area contributed by atoms with Gasteiger partial charge in [0, 0.05) is 5.56 Å². The van der Waals surface area contributed by atoms with Crippen molar-refractivity contribution in [3.8, 4) is 5.75 Å². The number of carbonyl (C=O) groups excluding carboxylic acids is 1. The number of hydrogen-bond acceptors (Lipinski definition) is 6. The van der Waals surface area contributed by atoms with E-state index in [1.54, 1.807) is 7.11 Å². The number of carbonyl (C=O) groups is 1. The van der Waals surface area contributed by atoms with Gasteiger partial charge in [-0.3, -0.25) is 4.79 Å². The number of ether oxygens (including phenoxy) is 3. The lowest BCUT2D eigenvalue weighted by molar-refractivity contribution is -0.169. The van der Waals surface area contributed by atoms with Crippen LogP contribution >= 0.6 is 0 Å². The molecule has 0 saturated carbocycles. The highest BCUT2D eigenvalue weighted by Crippen LogP contribution is 2.37. The number of ketones is 1. The monoisotopic (exact) mass is 275 g/mol. The van der Waals surface area contributed by atoms with Crippen LogP contribution < -0.4 is 4.74 Å². The van der Waals surface area contributed by atoms with Crippen LogP contribution in [0.1, 0.15) is 5.56 Å². The lowest BCUT2D eigenvalue weighted by Gasteiger charge is -2.27. The van der Waals surface area contributed by atoms with Crippen LogP contribution in [0.15, 0.2) is 29.4 Å². The van der Waals surface area contributed by atoms with Crippen LogP contribution in [0.4, 0.5) is 0 Å². The van der Waals surface area contributed by atoms with Crippen molar-refractivity contribution in [3.63, 3.8) is 0 Å². The SMILES string of the molecule is COc1ccc(C2=NO[C@H]3[C@H]2C(=O)[C@H]2OC[C@H]3O2)cc1. The van der Waals surface area contributed by atoms with E-state index in [1.807, 2.05) is 24.3 Å². The Morgan fingerprint density at radius 2 is 2.10 bits per heavy atom. The van der Waals surface area contributed by atoms with Crippen molar-refractivity contribution >= 4 is 11.5 Å². The van der Waals surface area contributed by atoms with Gasteiger partial charge in [-0.2, -0.15) is 0 Å². The van der Waals surface area contributed by atoms with Crippen molar-refractivity contribution in [1.82, 2.24) is 0 Å². The van der Waals surface area contributed by atoms with Gasteiger partial charge < -0.3 is 19.0 Å². The minimum Gasteiger partial charge on any atom is -0.497 e. The Morgan fingerprint density at radius 3 is 2.85 bits per heavy atom. The van der Waals surface area contributed by atoms with E-state index < -0.39 is 12.2 Å². The van der Waals surface area contributed by atoms with Gasteiger partial charge in [0.05, 0.1) is 13.7 Å². The van der Waals surface area contributed by atoms with Gasteiger partial charge in [-0.1, -0.05) is 5.16 Å². The smallest absolute Gasteiger partial charge is 0.219 e. The summed E-state index contributed by atoms with van der Waals surface area (Å²) in [6.45, 7) is 0.378. The van der Waals surface area contributed by atoms with Crippen LogP contribution in [-0.2, 0) is 19.1 Å². The highest BCUT2D eigenvalue weighted by atomic mass is 16.7. The minimum absolute atomic E-state index is 0.115. The predicted octanol–water partition coefficient (Wildman–Crippen LogP) is 0.738. The molecule has 1 aromatic carbocycles. The van der Waals surface area contributed by atoms with Crippen molar-refractivity contribution in [1.29, 1.82) is 0 Å². The number of nitrogens with zero attached hydrogens (tertiary/aromatic N) is 1.